The molecule has 3 heteroatoms. The van der Waals surface area contributed by atoms with Crippen molar-refractivity contribution in [3.63, 3.8) is 0 Å². The van der Waals surface area contributed by atoms with Gasteiger partial charge in [0.2, 0.25) is 5.91 Å². The Balaban J connectivity index is 4.00. The Kier molecular flexibility index (Phi) is 4.99. The number of carbonyl (C=O) groups is 1. The van der Waals surface area contributed by atoms with Crippen molar-refractivity contribution < 1.29 is 4.79 Å². The maximum Gasteiger partial charge on any atom is 0.222 e. The molecule has 0 aromatic carbocycles. The summed E-state index contributed by atoms with van der Waals surface area (Å²) in [4.78, 5) is 15.2. The second-order valence-electron chi connectivity index (χ2n) is 4.17. The number of hydrogen-bond donors (Lipinski definition) is 0. The van der Waals surface area contributed by atoms with Crippen LogP contribution in [0.15, 0.2) is 0 Å². The maximum atomic E-state index is 11.4. The number of amides is 1. The highest BCUT2D eigenvalue weighted by molar-refractivity contribution is 5.75. The molecule has 0 saturated carbocycles. The highest BCUT2D eigenvalue weighted by Crippen LogP contribution is 2.12. The van der Waals surface area contributed by atoms with Crippen molar-refractivity contribution >= 4 is 5.91 Å². The van der Waals surface area contributed by atoms with Crippen LogP contribution in [0.3, 0.4) is 0 Å². The van der Waals surface area contributed by atoms with E-state index in [1.54, 1.807) is 19.0 Å². The molecule has 0 rings (SSSR count). The Morgan fingerprint density at radius 3 is 1.92 bits per heavy atom. The summed E-state index contributed by atoms with van der Waals surface area (Å²) < 4.78 is 0. The first-order chi connectivity index (χ1) is 5.86. The standard InChI is InChI=1S/C10H22N2O/c1-8(9(2)11(3)4)7-10(13)12(5)6/h8-9H,7H2,1-6H3. The van der Waals surface area contributed by atoms with Crippen LogP contribution in [0, 0.1) is 5.92 Å². The summed E-state index contributed by atoms with van der Waals surface area (Å²) >= 11 is 0. The highest BCUT2D eigenvalue weighted by Gasteiger charge is 2.18. The van der Waals surface area contributed by atoms with Gasteiger partial charge in [-0.05, 0) is 26.9 Å². The molecular weight excluding hydrogens is 164 g/mol. The number of carbonyl (C=O) groups excluding carboxylic acids is 1. The van der Waals surface area contributed by atoms with Crippen molar-refractivity contribution in [1.82, 2.24) is 9.80 Å². The van der Waals surface area contributed by atoms with Gasteiger partial charge in [0, 0.05) is 26.6 Å². The SMILES string of the molecule is CC(CC(=O)N(C)C)C(C)N(C)C. The van der Waals surface area contributed by atoms with E-state index in [9.17, 15) is 4.79 Å². The van der Waals surface area contributed by atoms with Crippen LogP contribution in [0.2, 0.25) is 0 Å². The highest BCUT2D eigenvalue weighted by atomic mass is 16.2. The van der Waals surface area contributed by atoms with Gasteiger partial charge in [0.05, 0.1) is 0 Å². The zero-order chi connectivity index (χ0) is 10.6. The van der Waals surface area contributed by atoms with Gasteiger partial charge in [-0.3, -0.25) is 4.79 Å². The van der Waals surface area contributed by atoms with Crippen LogP contribution < -0.4 is 0 Å². The average Bonchev–Trinajstić information content (AvgIpc) is 2.02. The fraction of sp³-hybridized carbons (Fsp3) is 0.900. The predicted octanol–water partition coefficient (Wildman–Crippen LogP) is 1.05. The van der Waals surface area contributed by atoms with E-state index in [-0.39, 0.29) is 5.91 Å². The van der Waals surface area contributed by atoms with Gasteiger partial charge in [-0.2, -0.15) is 0 Å². The topological polar surface area (TPSA) is 23.6 Å². The summed E-state index contributed by atoms with van der Waals surface area (Å²) in [5.41, 5.74) is 0. The van der Waals surface area contributed by atoms with E-state index in [1.165, 1.54) is 0 Å². The largest absolute Gasteiger partial charge is 0.349 e. The van der Waals surface area contributed by atoms with Gasteiger partial charge in [-0.1, -0.05) is 6.92 Å². The van der Waals surface area contributed by atoms with Crippen molar-refractivity contribution in [3.8, 4) is 0 Å². The third kappa shape index (κ3) is 4.27. The molecule has 0 fully saturated rings. The van der Waals surface area contributed by atoms with Crippen molar-refractivity contribution in [2.75, 3.05) is 28.2 Å². The third-order valence-corrected chi connectivity index (χ3v) is 2.63. The molecule has 0 aromatic heterocycles. The van der Waals surface area contributed by atoms with Crippen LogP contribution in [0.1, 0.15) is 20.3 Å². The molecule has 0 heterocycles. The molecule has 0 bridgehead atoms. The molecule has 0 N–H and O–H groups in total. The molecule has 0 aromatic rings. The van der Waals surface area contributed by atoms with Gasteiger partial charge in [0.15, 0.2) is 0 Å². The molecule has 0 aliphatic rings. The molecule has 0 spiro atoms. The molecule has 0 radical (unpaired) electrons. The van der Waals surface area contributed by atoms with E-state index in [0.717, 1.165) is 0 Å². The van der Waals surface area contributed by atoms with Crippen molar-refractivity contribution in [2.24, 2.45) is 5.92 Å². The fourth-order valence-corrected chi connectivity index (χ4v) is 1.14. The fourth-order valence-electron chi connectivity index (χ4n) is 1.14. The number of hydrogen-bond acceptors (Lipinski definition) is 2. The van der Waals surface area contributed by atoms with Crippen molar-refractivity contribution in [2.45, 2.75) is 26.3 Å². The Hall–Kier alpha value is -0.570. The van der Waals surface area contributed by atoms with Gasteiger partial charge < -0.3 is 9.80 Å². The van der Waals surface area contributed by atoms with E-state index in [2.05, 4.69) is 18.7 Å². The first kappa shape index (κ1) is 12.4. The molecule has 0 aliphatic carbocycles. The summed E-state index contributed by atoms with van der Waals surface area (Å²) in [5, 5.41) is 0. The summed E-state index contributed by atoms with van der Waals surface area (Å²) in [6.45, 7) is 4.26. The molecule has 13 heavy (non-hydrogen) atoms. The molecule has 3 nitrogen and oxygen atoms in total. The van der Waals surface area contributed by atoms with Gasteiger partial charge >= 0.3 is 0 Å². The minimum absolute atomic E-state index is 0.209. The first-order valence-electron chi connectivity index (χ1n) is 4.72. The smallest absolute Gasteiger partial charge is 0.222 e. The van der Waals surface area contributed by atoms with E-state index in [1.807, 2.05) is 14.1 Å². The van der Waals surface area contributed by atoms with Crippen molar-refractivity contribution in [1.29, 1.82) is 0 Å². The second kappa shape index (κ2) is 5.22. The lowest BCUT2D eigenvalue weighted by Gasteiger charge is -2.26. The lowest BCUT2D eigenvalue weighted by atomic mass is 9.98. The van der Waals surface area contributed by atoms with Crippen LogP contribution >= 0.6 is 0 Å². The Morgan fingerprint density at radius 1 is 1.15 bits per heavy atom. The van der Waals surface area contributed by atoms with E-state index < -0.39 is 0 Å². The molecule has 2 unspecified atom stereocenters. The minimum Gasteiger partial charge on any atom is -0.349 e. The van der Waals surface area contributed by atoms with Crippen LogP contribution in [0.25, 0.3) is 0 Å². The minimum atomic E-state index is 0.209. The van der Waals surface area contributed by atoms with E-state index >= 15 is 0 Å². The Morgan fingerprint density at radius 2 is 1.62 bits per heavy atom. The summed E-state index contributed by atoms with van der Waals surface area (Å²) in [6, 6.07) is 0.448. The van der Waals surface area contributed by atoms with Gasteiger partial charge in [0.1, 0.15) is 0 Å². The zero-order valence-electron chi connectivity index (χ0n) is 9.66. The summed E-state index contributed by atoms with van der Waals surface area (Å²) in [5.74, 6) is 0.617. The Bertz CT molecular complexity index is 166. The summed E-state index contributed by atoms with van der Waals surface area (Å²) in [6.07, 6.45) is 0.631. The van der Waals surface area contributed by atoms with Gasteiger partial charge in [-0.15, -0.1) is 0 Å². The lowest BCUT2D eigenvalue weighted by molar-refractivity contribution is -0.129. The lowest BCUT2D eigenvalue weighted by Crippen LogP contribution is -2.34. The molecule has 2 atom stereocenters. The first-order valence-corrected chi connectivity index (χ1v) is 4.72. The monoisotopic (exact) mass is 186 g/mol. The van der Waals surface area contributed by atoms with E-state index in [0.29, 0.717) is 18.4 Å². The summed E-state index contributed by atoms with van der Waals surface area (Å²) in [7, 11) is 7.69. The number of nitrogens with zero attached hydrogens (tertiary/aromatic N) is 2. The average molecular weight is 186 g/mol. The molecular formula is C10H22N2O. The van der Waals surface area contributed by atoms with Crippen LogP contribution in [-0.4, -0.2) is 49.9 Å². The predicted molar refractivity (Wildman–Crippen MR) is 55.6 cm³/mol. The van der Waals surface area contributed by atoms with E-state index in [4.69, 9.17) is 0 Å². The maximum absolute atomic E-state index is 11.4. The third-order valence-electron chi connectivity index (χ3n) is 2.63. The van der Waals surface area contributed by atoms with Gasteiger partial charge in [-0.25, -0.2) is 0 Å². The van der Waals surface area contributed by atoms with Gasteiger partial charge in [0.25, 0.3) is 0 Å². The van der Waals surface area contributed by atoms with Crippen LogP contribution in [0.4, 0.5) is 0 Å². The molecule has 78 valence electrons. The second-order valence-corrected chi connectivity index (χ2v) is 4.17. The van der Waals surface area contributed by atoms with Crippen molar-refractivity contribution in [3.05, 3.63) is 0 Å². The Labute approximate surface area is 81.7 Å². The molecule has 0 aliphatic heterocycles. The van der Waals surface area contributed by atoms with Crippen LogP contribution in [-0.2, 0) is 4.79 Å². The molecule has 0 saturated heterocycles. The normalized spacial score (nSPS) is 15.6. The number of rotatable bonds is 4. The quantitative estimate of drug-likeness (QED) is 0.655. The van der Waals surface area contributed by atoms with Crippen LogP contribution in [0.5, 0.6) is 0 Å². The zero-order valence-corrected chi connectivity index (χ0v) is 9.66. The molecule has 1 amide bonds.